The van der Waals surface area contributed by atoms with E-state index in [9.17, 15) is 18.0 Å². The molecule has 8 nitrogen and oxygen atoms in total. The number of aromatic nitrogens is 2. The molecule has 4 aliphatic rings. The SMILES string of the molecule is CC1COCCC1N[C@@H]1CC[C@@](C(=O)N2CCN(c3nccc(C(F)(F)F)n3)CC2)(C2CCOC2)C1. The van der Waals surface area contributed by atoms with Gasteiger partial charge < -0.3 is 24.6 Å². The number of anilines is 1. The van der Waals surface area contributed by atoms with Crippen LogP contribution in [-0.4, -0.2) is 85.5 Å². The number of hydrogen-bond acceptors (Lipinski definition) is 7. The van der Waals surface area contributed by atoms with E-state index in [4.69, 9.17) is 9.47 Å². The maximum Gasteiger partial charge on any atom is 0.433 e. The van der Waals surface area contributed by atoms with E-state index in [1.54, 1.807) is 4.90 Å². The first-order valence-electron chi connectivity index (χ1n) is 13.1. The van der Waals surface area contributed by atoms with Gasteiger partial charge in [0.2, 0.25) is 11.9 Å². The number of nitrogens with zero attached hydrogens (tertiary/aromatic N) is 4. The second-order valence-corrected chi connectivity index (χ2v) is 10.8. The van der Waals surface area contributed by atoms with Crippen molar-refractivity contribution < 1.29 is 27.4 Å². The molecule has 1 aromatic heterocycles. The third kappa shape index (κ3) is 5.19. The highest BCUT2D eigenvalue weighted by molar-refractivity contribution is 5.84. The Morgan fingerprint density at radius 3 is 2.56 bits per heavy atom. The van der Waals surface area contributed by atoms with E-state index in [1.807, 2.05) is 4.90 Å². The summed E-state index contributed by atoms with van der Waals surface area (Å²) in [5, 5.41) is 3.84. The number of piperazine rings is 1. The Kier molecular flexibility index (Phi) is 7.42. The summed E-state index contributed by atoms with van der Waals surface area (Å²) < 4.78 is 50.6. The van der Waals surface area contributed by atoms with Crippen LogP contribution in [0, 0.1) is 17.3 Å². The van der Waals surface area contributed by atoms with E-state index in [0.717, 1.165) is 57.6 Å². The van der Waals surface area contributed by atoms with Gasteiger partial charge in [-0.1, -0.05) is 6.92 Å². The third-order valence-corrected chi connectivity index (χ3v) is 8.56. The highest BCUT2D eigenvalue weighted by atomic mass is 19.4. The Balaban J connectivity index is 1.25. The van der Waals surface area contributed by atoms with Crippen molar-refractivity contribution in [3.63, 3.8) is 0 Å². The summed E-state index contributed by atoms with van der Waals surface area (Å²) in [4.78, 5) is 25.5. The summed E-state index contributed by atoms with van der Waals surface area (Å²) in [6.07, 6.45) is 1.12. The Morgan fingerprint density at radius 1 is 1.11 bits per heavy atom. The number of halogens is 3. The molecule has 1 saturated carbocycles. The lowest BCUT2D eigenvalue weighted by Gasteiger charge is -2.42. The summed E-state index contributed by atoms with van der Waals surface area (Å²) >= 11 is 0. The fourth-order valence-corrected chi connectivity index (χ4v) is 6.44. The van der Waals surface area contributed by atoms with Crippen molar-refractivity contribution in [2.24, 2.45) is 17.3 Å². The summed E-state index contributed by atoms with van der Waals surface area (Å²) in [6.45, 7) is 6.77. The molecule has 3 aliphatic heterocycles. The molecule has 0 spiro atoms. The van der Waals surface area contributed by atoms with Crippen LogP contribution in [0.2, 0.25) is 0 Å². The lowest BCUT2D eigenvalue weighted by atomic mass is 9.71. The Bertz CT molecular complexity index is 920. The number of amides is 1. The van der Waals surface area contributed by atoms with Crippen LogP contribution in [0.25, 0.3) is 0 Å². The number of hydrogen-bond donors (Lipinski definition) is 1. The van der Waals surface area contributed by atoms with Crippen LogP contribution in [0.4, 0.5) is 19.1 Å². The number of carbonyl (C=O) groups is 1. The van der Waals surface area contributed by atoms with E-state index in [2.05, 4.69) is 22.2 Å². The molecule has 36 heavy (non-hydrogen) atoms. The van der Waals surface area contributed by atoms with Gasteiger partial charge in [0.25, 0.3) is 0 Å². The van der Waals surface area contributed by atoms with Gasteiger partial charge in [0.1, 0.15) is 5.69 Å². The van der Waals surface area contributed by atoms with E-state index in [-0.39, 0.29) is 17.8 Å². The molecule has 1 aromatic rings. The Hall–Kier alpha value is -1.98. The van der Waals surface area contributed by atoms with Crippen LogP contribution in [-0.2, 0) is 20.4 Å². The van der Waals surface area contributed by atoms with Crippen molar-refractivity contribution >= 4 is 11.9 Å². The fourth-order valence-electron chi connectivity index (χ4n) is 6.44. The minimum Gasteiger partial charge on any atom is -0.381 e. The second-order valence-electron chi connectivity index (χ2n) is 10.8. The van der Waals surface area contributed by atoms with Crippen LogP contribution in [0.5, 0.6) is 0 Å². The molecule has 0 bridgehead atoms. The average molecular weight is 512 g/mol. The van der Waals surface area contributed by atoms with Crippen LogP contribution >= 0.6 is 0 Å². The number of ether oxygens (including phenoxy) is 2. The number of rotatable bonds is 5. The molecule has 200 valence electrons. The molecule has 3 saturated heterocycles. The predicted molar refractivity (Wildman–Crippen MR) is 126 cm³/mol. The van der Waals surface area contributed by atoms with Gasteiger partial charge in [0.15, 0.2) is 0 Å². The highest BCUT2D eigenvalue weighted by Crippen LogP contribution is 2.49. The maximum absolute atomic E-state index is 14.1. The van der Waals surface area contributed by atoms with Gasteiger partial charge in [-0.2, -0.15) is 13.2 Å². The first-order chi connectivity index (χ1) is 17.3. The van der Waals surface area contributed by atoms with Crippen molar-refractivity contribution in [2.45, 2.75) is 57.3 Å². The summed E-state index contributed by atoms with van der Waals surface area (Å²) in [5.74, 6) is 0.887. The normalized spacial score (nSPS) is 33.8. The van der Waals surface area contributed by atoms with E-state index in [1.165, 1.54) is 0 Å². The molecule has 3 unspecified atom stereocenters. The maximum atomic E-state index is 14.1. The molecule has 1 N–H and O–H groups in total. The minimum absolute atomic E-state index is 0.0616. The van der Waals surface area contributed by atoms with Crippen molar-refractivity contribution in [1.29, 1.82) is 0 Å². The fraction of sp³-hybridized carbons (Fsp3) is 0.800. The van der Waals surface area contributed by atoms with E-state index in [0.29, 0.717) is 57.4 Å². The standard InChI is InChI=1S/C25H36F3N5O3/c1-17-15-35-13-5-20(17)30-19-2-6-24(14-19,18-4-12-36-16-18)22(34)32-8-10-33(11-9-32)23-29-7-3-21(31-23)25(26,27)28/h3,7,17-20,30H,2,4-6,8-16H2,1H3/t17?,18?,19-,20?,24+/m1/s1. The Labute approximate surface area is 209 Å². The van der Waals surface area contributed by atoms with Crippen LogP contribution in [0.1, 0.15) is 44.7 Å². The van der Waals surface area contributed by atoms with Crippen molar-refractivity contribution in [1.82, 2.24) is 20.2 Å². The second kappa shape index (κ2) is 10.4. The van der Waals surface area contributed by atoms with Crippen LogP contribution in [0.15, 0.2) is 12.3 Å². The first kappa shape index (κ1) is 25.7. The lowest BCUT2D eigenvalue weighted by molar-refractivity contribution is -0.146. The zero-order valence-corrected chi connectivity index (χ0v) is 20.8. The number of alkyl halides is 3. The lowest BCUT2D eigenvalue weighted by Crippen LogP contribution is -2.55. The Morgan fingerprint density at radius 2 is 1.86 bits per heavy atom. The molecule has 5 atom stereocenters. The largest absolute Gasteiger partial charge is 0.433 e. The molecule has 5 rings (SSSR count). The smallest absolute Gasteiger partial charge is 0.381 e. The number of nitrogens with one attached hydrogen (secondary N) is 1. The zero-order chi connectivity index (χ0) is 25.3. The summed E-state index contributed by atoms with van der Waals surface area (Å²) in [5.41, 5.74) is -1.40. The highest BCUT2D eigenvalue weighted by Gasteiger charge is 2.53. The van der Waals surface area contributed by atoms with Gasteiger partial charge in [0, 0.05) is 57.7 Å². The topological polar surface area (TPSA) is 79.8 Å². The molecular weight excluding hydrogens is 475 g/mol. The monoisotopic (exact) mass is 511 g/mol. The van der Waals surface area contributed by atoms with Gasteiger partial charge >= 0.3 is 6.18 Å². The van der Waals surface area contributed by atoms with Crippen molar-refractivity contribution in [3.05, 3.63) is 18.0 Å². The molecular formula is C25H36F3N5O3. The zero-order valence-electron chi connectivity index (χ0n) is 20.8. The number of carbonyl (C=O) groups excluding carboxylic acids is 1. The quantitative estimate of drug-likeness (QED) is 0.651. The van der Waals surface area contributed by atoms with Crippen LogP contribution in [0.3, 0.4) is 0 Å². The molecule has 0 radical (unpaired) electrons. The van der Waals surface area contributed by atoms with Crippen molar-refractivity contribution in [3.8, 4) is 0 Å². The summed E-state index contributed by atoms with van der Waals surface area (Å²) in [6, 6.07) is 1.58. The predicted octanol–water partition coefficient (Wildman–Crippen LogP) is 2.73. The first-order valence-corrected chi connectivity index (χ1v) is 13.1. The molecule has 4 fully saturated rings. The van der Waals surface area contributed by atoms with Gasteiger partial charge in [-0.3, -0.25) is 4.79 Å². The van der Waals surface area contributed by atoms with Gasteiger partial charge in [-0.05, 0) is 50.0 Å². The van der Waals surface area contributed by atoms with E-state index >= 15 is 0 Å². The average Bonchev–Trinajstić information content (AvgIpc) is 3.56. The van der Waals surface area contributed by atoms with E-state index < -0.39 is 17.3 Å². The molecule has 11 heteroatoms. The minimum atomic E-state index is -4.51. The molecule has 1 aliphatic carbocycles. The van der Waals surface area contributed by atoms with Crippen LogP contribution < -0.4 is 10.2 Å². The van der Waals surface area contributed by atoms with Gasteiger partial charge in [0.05, 0.1) is 18.6 Å². The molecule has 0 aromatic carbocycles. The van der Waals surface area contributed by atoms with Crippen molar-refractivity contribution in [2.75, 3.05) is 57.5 Å². The molecule has 1 amide bonds. The van der Waals surface area contributed by atoms with Gasteiger partial charge in [-0.15, -0.1) is 0 Å². The summed E-state index contributed by atoms with van der Waals surface area (Å²) in [7, 11) is 0. The van der Waals surface area contributed by atoms with Gasteiger partial charge in [-0.25, -0.2) is 9.97 Å². The molecule has 4 heterocycles. The third-order valence-electron chi connectivity index (χ3n) is 8.56.